The van der Waals surface area contributed by atoms with Crippen molar-refractivity contribution >= 4 is 23.2 Å². The second kappa shape index (κ2) is 8.52. The summed E-state index contributed by atoms with van der Waals surface area (Å²) >= 11 is 1.38. The lowest BCUT2D eigenvalue weighted by Crippen LogP contribution is -2.64. The molecule has 8 nitrogen and oxygen atoms in total. The predicted molar refractivity (Wildman–Crippen MR) is 117 cm³/mol. The van der Waals surface area contributed by atoms with Gasteiger partial charge in [0.1, 0.15) is 0 Å². The SMILES string of the molecule is O=C(c1ccc(-c2ncccn2)cc1)N1CC(N2CCN(C(=O)c3nccs3)CC2)C1. The van der Waals surface area contributed by atoms with E-state index in [9.17, 15) is 9.59 Å². The molecule has 2 saturated heterocycles. The van der Waals surface area contributed by atoms with Gasteiger partial charge in [0.25, 0.3) is 11.8 Å². The van der Waals surface area contributed by atoms with Gasteiger partial charge in [-0.1, -0.05) is 12.1 Å². The molecule has 31 heavy (non-hydrogen) atoms. The Kier molecular flexibility index (Phi) is 5.44. The molecular formula is C22H22N6O2S. The zero-order chi connectivity index (χ0) is 21.2. The standard InChI is InChI=1S/C22H22N6O2S/c29-21(17-4-2-16(3-5-17)19-23-6-1-7-24-19)28-14-18(15-28)26-9-11-27(12-10-26)22(30)20-25-8-13-31-20/h1-8,13,18H,9-12,14-15H2. The van der Waals surface area contributed by atoms with Crippen molar-refractivity contribution in [2.24, 2.45) is 0 Å². The van der Waals surface area contributed by atoms with Crippen LogP contribution in [0.2, 0.25) is 0 Å². The Labute approximate surface area is 184 Å². The minimum Gasteiger partial charge on any atom is -0.335 e. The van der Waals surface area contributed by atoms with Gasteiger partial charge in [-0.25, -0.2) is 15.0 Å². The van der Waals surface area contributed by atoms with Crippen molar-refractivity contribution in [2.45, 2.75) is 6.04 Å². The average Bonchev–Trinajstić information content (AvgIpc) is 3.34. The first-order valence-electron chi connectivity index (χ1n) is 10.3. The molecule has 0 saturated carbocycles. The van der Waals surface area contributed by atoms with E-state index < -0.39 is 0 Å². The molecule has 0 spiro atoms. The third-order valence-electron chi connectivity index (χ3n) is 5.84. The Morgan fingerprint density at radius 1 is 0.839 bits per heavy atom. The summed E-state index contributed by atoms with van der Waals surface area (Å²) in [6, 6.07) is 9.59. The maximum absolute atomic E-state index is 12.8. The molecule has 0 N–H and O–H groups in total. The number of aromatic nitrogens is 3. The van der Waals surface area contributed by atoms with Crippen molar-refractivity contribution in [1.29, 1.82) is 0 Å². The highest BCUT2D eigenvalue weighted by atomic mass is 32.1. The van der Waals surface area contributed by atoms with E-state index in [1.54, 1.807) is 24.7 Å². The summed E-state index contributed by atoms with van der Waals surface area (Å²) in [6.07, 6.45) is 5.07. The van der Waals surface area contributed by atoms with Crippen LogP contribution in [0.1, 0.15) is 20.2 Å². The molecule has 2 aromatic heterocycles. The minimum atomic E-state index is 0.0180. The molecule has 1 aromatic carbocycles. The maximum atomic E-state index is 12.8. The highest BCUT2D eigenvalue weighted by Gasteiger charge is 2.37. The van der Waals surface area contributed by atoms with Crippen molar-refractivity contribution < 1.29 is 9.59 Å². The average molecular weight is 435 g/mol. The van der Waals surface area contributed by atoms with Gasteiger partial charge in [0.2, 0.25) is 0 Å². The van der Waals surface area contributed by atoms with Crippen LogP contribution in [0, 0.1) is 0 Å². The number of likely N-dealkylation sites (tertiary alicyclic amines) is 1. The van der Waals surface area contributed by atoms with Crippen LogP contribution in [0.25, 0.3) is 11.4 Å². The van der Waals surface area contributed by atoms with Gasteiger partial charge >= 0.3 is 0 Å². The molecular weight excluding hydrogens is 412 g/mol. The van der Waals surface area contributed by atoms with Gasteiger partial charge in [-0.3, -0.25) is 14.5 Å². The number of benzene rings is 1. The topological polar surface area (TPSA) is 82.5 Å². The monoisotopic (exact) mass is 434 g/mol. The zero-order valence-electron chi connectivity index (χ0n) is 16.9. The molecule has 2 fully saturated rings. The molecule has 0 aliphatic carbocycles. The van der Waals surface area contributed by atoms with Crippen molar-refractivity contribution in [3.8, 4) is 11.4 Å². The van der Waals surface area contributed by atoms with Gasteiger partial charge in [-0.15, -0.1) is 11.3 Å². The highest BCUT2D eigenvalue weighted by Crippen LogP contribution is 2.22. The fraction of sp³-hybridized carbons (Fsp3) is 0.318. The number of carbonyl (C=O) groups excluding carboxylic acids is 2. The van der Waals surface area contributed by atoms with E-state index in [2.05, 4.69) is 19.9 Å². The Morgan fingerprint density at radius 2 is 1.55 bits per heavy atom. The molecule has 158 valence electrons. The number of piperazine rings is 1. The maximum Gasteiger partial charge on any atom is 0.282 e. The number of hydrogen-bond donors (Lipinski definition) is 0. The normalized spacial score (nSPS) is 17.4. The van der Waals surface area contributed by atoms with E-state index in [0.29, 0.717) is 35.5 Å². The van der Waals surface area contributed by atoms with Crippen molar-refractivity contribution in [3.63, 3.8) is 0 Å². The number of amides is 2. The fourth-order valence-electron chi connectivity index (χ4n) is 4.00. The minimum absolute atomic E-state index is 0.0180. The van der Waals surface area contributed by atoms with E-state index in [4.69, 9.17) is 0 Å². The van der Waals surface area contributed by atoms with Crippen LogP contribution in [0.15, 0.2) is 54.3 Å². The first-order chi connectivity index (χ1) is 15.2. The second-order valence-electron chi connectivity index (χ2n) is 7.68. The number of nitrogens with zero attached hydrogens (tertiary/aromatic N) is 6. The smallest absolute Gasteiger partial charge is 0.282 e. The van der Waals surface area contributed by atoms with Crippen LogP contribution < -0.4 is 0 Å². The number of carbonyl (C=O) groups is 2. The molecule has 2 aliphatic rings. The number of thiazole rings is 1. The van der Waals surface area contributed by atoms with E-state index >= 15 is 0 Å². The lowest BCUT2D eigenvalue weighted by Gasteiger charge is -2.48. The number of rotatable bonds is 4. The summed E-state index contributed by atoms with van der Waals surface area (Å²) in [5, 5.41) is 2.38. The summed E-state index contributed by atoms with van der Waals surface area (Å²) < 4.78 is 0. The molecule has 0 radical (unpaired) electrons. The van der Waals surface area contributed by atoms with Crippen LogP contribution >= 0.6 is 11.3 Å². The Bertz CT molecular complexity index is 1040. The third kappa shape index (κ3) is 4.06. The van der Waals surface area contributed by atoms with Crippen molar-refractivity contribution in [1.82, 2.24) is 29.7 Å². The van der Waals surface area contributed by atoms with E-state index in [1.165, 1.54) is 11.3 Å². The third-order valence-corrected chi connectivity index (χ3v) is 6.60. The summed E-state index contributed by atoms with van der Waals surface area (Å²) in [6.45, 7) is 4.51. The molecule has 5 rings (SSSR count). The summed E-state index contributed by atoms with van der Waals surface area (Å²) in [4.78, 5) is 43.9. The Hall–Kier alpha value is -3.17. The summed E-state index contributed by atoms with van der Waals surface area (Å²) in [5.74, 6) is 0.719. The van der Waals surface area contributed by atoms with Gasteiger partial charge in [0.05, 0.1) is 0 Å². The lowest BCUT2D eigenvalue weighted by atomic mass is 10.0. The molecule has 3 aromatic rings. The van der Waals surface area contributed by atoms with Crippen LogP contribution in [0.5, 0.6) is 0 Å². The van der Waals surface area contributed by atoms with E-state index in [-0.39, 0.29) is 11.8 Å². The first-order valence-corrected chi connectivity index (χ1v) is 11.2. The van der Waals surface area contributed by atoms with Gasteiger partial charge in [-0.05, 0) is 18.2 Å². The van der Waals surface area contributed by atoms with Crippen LogP contribution in [0.4, 0.5) is 0 Å². The highest BCUT2D eigenvalue weighted by molar-refractivity contribution is 7.11. The van der Waals surface area contributed by atoms with E-state index in [0.717, 1.165) is 31.7 Å². The largest absolute Gasteiger partial charge is 0.335 e. The van der Waals surface area contributed by atoms with Gasteiger partial charge < -0.3 is 9.80 Å². The second-order valence-corrected chi connectivity index (χ2v) is 8.57. The first kappa shape index (κ1) is 19.8. The lowest BCUT2D eigenvalue weighted by molar-refractivity contribution is 0.00853. The number of hydrogen-bond acceptors (Lipinski definition) is 7. The van der Waals surface area contributed by atoms with Crippen LogP contribution in [-0.2, 0) is 0 Å². The Balaban J connectivity index is 1.12. The molecule has 0 atom stereocenters. The van der Waals surface area contributed by atoms with Crippen LogP contribution in [0.3, 0.4) is 0 Å². The van der Waals surface area contributed by atoms with Crippen molar-refractivity contribution in [2.75, 3.05) is 39.3 Å². The predicted octanol–water partition coefficient (Wildman–Crippen LogP) is 1.88. The molecule has 4 heterocycles. The quantitative estimate of drug-likeness (QED) is 0.624. The van der Waals surface area contributed by atoms with Crippen molar-refractivity contribution in [3.05, 3.63) is 64.9 Å². The molecule has 0 unspecified atom stereocenters. The van der Waals surface area contributed by atoms with Crippen LogP contribution in [-0.4, -0.2) is 86.8 Å². The Morgan fingerprint density at radius 3 is 2.19 bits per heavy atom. The molecule has 9 heteroatoms. The fourth-order valence-corrected chi connectivity index (χ4v) is 4.60. The molecule has 0 bridgehead atoms. The van der Waals surface area contributed by atoms with Gasteiger partial charge in [0.15, 0.2) is 10.8 Å². The molecule has 2 aliphatic heterocycles. The van der Waals surface area contributed by atoms with Gasteiger partial charge in [0, 0.05) is 80.4 Å². The zero-order valence-corrected chi connectivity index (χ0v) is 17.7. The van der Waals surface area contributed by atoms with Gasteiger partial charge in [-0.2, -0.15) is 0 Å². The van der Waals surface area contributed by atoms with E-state index in [1.807, 2.05) is 39.4 Å². The molecule has 2 amide bonds. The summed E-state index contributed by atoms with van der Waals surface area (Å²) in [5.41, 5.74) is 1.57. The summed E-state index contributed by atoms with van der Waals surface area (Å²) in [7, 11) is 0.